The summed E-state index contributed by atoms with van der Waals surface area (Å²) in [6, 6.07) is 3.20. The van der Waals surface area contributed by atoms with E-state index in [1.807, 2.05) is 19.1 Å². The lowest BCUT2D eigenvalue weighted by Gasteiger charge is -2.21. The number of nitrogens with zero attached hydrogens (tertiary/aromatic N) is 2. The van der Waals surface area contributed by atoms with Crippen LogP contribution in [0, 0.1) is 6.92 Å². The van der Waals surface area contributed by atoms with Crippen molar-refractivity contribution in [1.82, 2.24) is 15.1 Å². The molecule has 2 aliphatic rings. The molecule has 7 heteroatoms. The second-order valence-electron chi connectivity index (χ2n) is 5.03. The average Bonchev–Trinajstić information content (AvgIpc) is 3.10. The highest BCUT2D eigenvalue weighted by Crippen LogP contribution is 2.23. The van der Waals surface area contributed by atoms with E-state index in [-0.39, 0.29) is 30.4 Å². The molecule has 2 aliphatic heterocycles. The van der Waals surface area contributed by atoms with Crippen LogP contribution in [0.4, 0.5) is 4.79 Å². The van der Waals surface area contributed by atoms with Crippen molar-refractivity contribution >= 4 is 29.2 Å². The van der Waals surface area contributed by atoms with E-state index in [1.54, 1.807) is 4.90 Å². The van der Waals surface area contributed by atoms with Crippen molar-refractivity contribution in [1.29, 1.82) is 0 Å². The van der Waals surface area contributed by atoms with E-state index in [9.17, 15) is 14.4 Å². The summed E-state index contributed by atoms with van der Waals surface area (Å²) in [6.45, 7) is 3.03. The lowest BCUT2D eigenvalue weighted by molar-refractivity contribution is -0.126. The maximum absolute atomic E-state index is 12.3. The molecule has 0 radical (unpaired) electrons. The Balaban J connectivity index is 1.69. The Hall–Kier alpha value is -1.89. The molecule has 1 aromatic rings. The lowest BCUT2D eigenvalue weighted by Crippen LogP contribution is -2.42. The fourth-order valence-electron chi connectivity index (χ4n) is 2.65. The predicted molar refractivity (Wildman–Crippen MR) is 73.6 cm³/mol. The van der Waals surface area contributed by atoms with E-state index >= 15 is 0 Å². The standard InChI is InChI=1S/C13H15N3O3S/c1-8-2-3-10(20-8)12(18)15-5-4-9(7-15)16-11(17)6-14-13(16)19/h2-3,9H,4-7H2,1H3,(H,14,19). The second kappa shape index (κ2) is 4.90. The van der Waals surface area contributed by atoms with E-state index in [0.717, 1.165) is 4.88 Å². The van der Waals surface area contributed by atoms with Gasteiger partial charge in [-0.2, -0.15) is 0 Å². The van der Waals surface area contributed by atoms with Gasteiger partial charge in [0.1, 0.15) is 0 Å². The molecule has 1 aromatic heterocycles. The smallest absolute Gasteiger partial charge is 0.324 e. The van der Waals surface area contributed by atoms with Crippen LogP contribution >= 0.6 is 11.3 Å². The van der Waals surface area contributed by atoms with Crippen LogP contribution in [0.2, 0.25) is 0 Å². The van der Waals surface area contributed by atoms with Gasteiger partial charge in [0.25, 0.3) is 5.91 Å². The summed E-state index contributed by atoms with van der Waals surface area (Å²) in [4.78, 5) is 40.4. The Kier molecular flexibility index (Phi) is 3.21. The summed E-state index contributed by atoms with van der Waals surface area (Å²) < 4.78 is 0. The van der Waals surface area contributed by atoms with Crippen molar-refractivity contribution in [2.24, 2.45) is 0 Å². The first-order valence-electron chi connectivity index (χ1n) is 6.52. The molecule has 1 unspecified atom stereocenters. The predicted octanol–water partition coefficient (Wildman–Crippen LogP) is 0.823. The zero-order valence-corrected chi connectivity index (χ0v) is 11.9. The summed E-state index contributed by atoms with van der Waals surface area (Å²) in [5, 5.41) is 2.51. The zero-order valence-electron chi connectivity index (χ0n) is 11.1. The molecule has 4 amide bonds. The van der Waals surface area contributed by atoms with Gasteiger partial charge in [0, 0.05) is 18.0 Å². The summed E-state index contributed by atoms with van der Waals surface area (Å²) in [7, 11) is 0. The maximum atomic E-state index is 12.3. The van der Waals surface area contributed by atoms with Gasteiger partial charge < -0.3 is 10.2 Å². The number of urea groups is 1. The first-order valence-corrected chi connectivity index (χ1v) is 7.33. The number of imide groups is 1. The molecule has 6 nitrogen and oxygen atoms in total. The molecular formula is C13H15N3O3S. The normalized spacial score (nSPS) is 22.6. The molecule has 0 saturated carbocycles. The highest BCUT2D eigenvalue weighted by molar-refractivity contribution is 7.13. The molecule has 0 aliphatic carbocycles. The van der Waals surface area contributed by atoms with Gasteiger partial charge in [-0.1, -0.05) is 0 Å². The third kappa shape index (κ3) is 2.18. The molecule has 2 saturated heterocycles. The number of nitrogens with one attached hydrogen (secondary N) is 1. The van der Waals surface area contributed by atoms with Crippen LogP contribution in [0.3, 0.4) is 0 Å². The van der Waals surface area contributed by atoms with Gasteiger partial charge in [0.05, 0.1) is 17.5 Å². The van der Waals surface area contributed by atoms with E-state index in [2.05, 4.69) is 5.32 Å². The van der Waals surface area contributed by atoms with Crippen molar-refractivity contribution in [2.75, 3.05) is 19.6 Å². The Labute approximate surface area is 120 Å². The van der Waals surface area contributed by atoms with Crippen molar-refractivity contribution in [3.63, 3.8) is 0 Å². The number of rotatable bonds is 2. The monoisotopic (exact) mass is 293 g/mol. The molecular weight excluding hydrogens is 278 g/mol. The summed E-state index contributed by atoms with van der Waals surface area (Å²) in [5.74, 6) is -0.223. The molecule has 1 N–H and O–H groups in total. The molecule has 0 aromatic carbocycles. The quantitative estimate of drug-likeness (QED) is 0.821. The SMILES string of the molecule is Cc1ccc(C(=O)N2CCC(N3C(=O)CNC3=O)C2)s1. The molecule has 2 fully saturated rings. The van der Waals surface area contributed by atoms with Crippen molar-refractivity contribution < 1.29 is 14.4 Å². The first-order chi connectivity index (χ1) is 9.56. The maximum Gasteiger partial charge on any atom is 0.324 e. The summed E-state index contributed by atoms with van der Waals surface area (Å²) in [5.41, 5.74) is 0. The third-order valence-corrected chi connectivity index (χ3v) is 4.63. The van der Waals surface area contributed by atoms with Gasteiger partial charge in [-0.25, -0.2) is 4.79 Å². The highest BCUT2D eigenvalue weighted by atomic mass is 32.1. The van der Waals surface area contributed by atoms with Gasteiger partial charge in [-0.15, -0.1) is 11.3 Å². The molecule has 3 heterocycles. The molecule has 1 atom stereocenters. The minimum Gasteiger partial charge on any atom is -0.336 e. The van der Waals surface area contributed by atoms with E-state index in [1.165, 1.54) is 16.2 Å². The van der Waals surface area contributed by atoms with Crippen molar-refractivity contribution in [3.8, 4) is 0 Å². The van der Waals surface area contributed by atoms with Crippen LogP contribution < -0.4 is 5.32 Å². The van der Waals surface area contributed by atoms with Gasteiger partial charge >= 0.3 is 6.03 Å². The topological polar surface area (TPSA) is 69.7 Å². The summed E-state index contributed by atoms with van der Waals surface area (Å²) in [6.07, 6.45) is 0.648. The Morgan fingerprint density at radius 2 is 2.20 bits per heavy atom. The minimum absolute atomic E-state index is 0.0161. The van der Waals surface area contributed by atoms with Crippen molar-refractivity contribution in [2.45, 2.75) is 19.4 Å². The van der Waals surface area contributed by atoms with Crippen LogP contribution in [0.15, 0.2) is 12.1 Å². The molecule has 20 heavy (non-hydrogen) atoms. The number of carbonyl (C=O) groups is 3. The number of hydrogen-bond acceptors (Lipinski definition) is 4. The fourth-order valence-corrected chi connectivity index (χ4v) is 3.48. The van der Waals surface area contributed by atoms with Gasteiger partial charge in [-0.05, 0) is 25.5 Å². The fraction of sp³-hybridized carbons (Fsp3) is 0.462. The van der Waals surface area contributed by atoms with Crippen LogP contribution in [0.5, 0.6) is 0 Å². The van der Waals surface area contributed by atoms with Gasteiger partial charge in [-0.3, -0.25) is 14.5 Å². The zero-order chi connectivity index (χ0) is 14.3. The number of likely N-dealkylation sites (tertiary alicyclic amines) is 1. The van der Waals surface area contributed by atoms with Gasteiger partial charge in [0.2, 0.25) is 5.91 Å². The molecule has 0 spiro atoms. The Morgan fingerprint density at radius 3 is 2.80 bits per heavy atom. The van der Waals surface area contributed by atoms with Crippen LogP contribution in [-0.4, -0.2) is 53.3 Å². The van der Waals surface area contributed by atoms with E-state index in [0.29, 0.717) is 24.4 Å². The summed E-state index contributed by atoms with van der Waals surface area (Å²) >= 11 is 1.47. The van der Waals surface area contributed by atoms with E-state index in [4.69, 9.17) is 0 Å². The third-order valence-electron chi connectivity index (χ3n) is 3.65. The van der Waals surface area contributed by atoms with E-state index < -0.39 is 0 Å². The number of thiophene rings is 1. The second-order valence-corrected chi connectivity index (χ2v) is 6.31. The first kappa shape index (κ1) is 13.1. The number of hydrogen-bond donors (Lipinski definition) is 1. The molecule has 106 valence electrons. The van der Waals surface area contributed by atoms with Crippen LogP contribution in [-0.2, 0) is 4.79 Å². The van der Waals surface area contributed by atoms with Crippen molar-refractivity contribution in [3.05, 3.63) is 21.9 Å². The number of amides is 4. The Morgan fingerprint density at radius 1 is 1.40 bits per heavy atom. The largest absolute Gasteiger partial charge is 0.336 e. The minimum atomic E-state index is -0.346. The van der Waals surface area contributed by atoms with Crippen LogP contribution in [0.1, 0.15) is 21.0 Å². The van der Waals surface area contributed by atoms with Gasteiger partial charge in [0.15, 0.2) is 0 Å². The molecule has 3 rings (SSSR count). The number of carbonyl (C=O) groups excluding carboxylic acids is 3. The molecule has 0 bridgehead atoms. The highest BCUT2D eigenvalue weighted by Gasteiger charge is 2.39. The van der Waals surface area contributed by atoms with Crippen LogP contribution in [0.25, 0.3) is 0 Å². The lowest BCUT2D eigenvalue weighted by atomic mass is 10.2. The average molecular weight is 293 g/mol. The Bertz CT molecular complexity index is 567. The number of aryl methyl sites for hydroxylation is 1.